The second-order valence-electron chi connectivity index (χ2n) is 6.79. The summed E-state index contributed by atoms with van der Waals surface area (Å²) in [6, 6.07) is 11.1. The van der Waals surface area contributed by atoms with E-state index in [1.165, 1.54) is 63.7 Å². The van der Waals surface area contributed by atoms with E-state index in [9.17, 15) is 0 Å². The van der Waals surface area contributed by atoms with Crippen LogP contribution in [0.5, 0.6) is 0 Å². The lowest BCUT2D eigenvalue weighted by atomic mass is 10.1. The van der Waals surface area contributed by atoms with E-state index in [1.54, 1.807) is 0 Å². The van der Waals surface area contributed by atoms with E-state index in [2.05, 4.69) is 35.2 Å². The summed E-state index contributed by atoms with van der Waals surface area (Å²) in [6.07, 6.45) is 9.76. The van der Waals surface area contributed by atoms with Crippen LogP contribution in [0, 0.1) is 0 Å². The number of rotatable bonds is 11. The zero-order chi connectivity index (χ0) is 16.2. The van der Waals surface area contributed by atoms with Crippen LogP contribution in [0.3, 0.4) is 0 Å². The van der Waals surface area contributed by atoms with E-state index < -0.39 is 0 Å². The van der Waals surface area contributed by atoms with Gasteiger partial charge in [0.2, 0.25) is 0 Å². The van der Waals surface area contributed by atoms with Crippen molar-refractivity contribution >= 4 is 0 Å². The van der Waals surface area contributed by atoms with Gasteiger partial charge in [0.15, 0.2) is 0 Å². The zero-order valence-electron chi connectivity index (χ0n) is 14.6. The van der Waals surface area contributed by atoms with Gasteiger partial charge in [0.25, 0.3) is 0 Å². The smallest absolute Gasteiger partial charge is 0.0469 e. The van der Waals surface area contributed by atoms with Gasteiger partial charge in [-0.2, -0.15) is 0 Å². The summed E-state index contributed by atoms with van der Waals surface area (Å²) in [5.41, 5.74) is 7.35. The molecule has 0 amide bonds. The molecule has 3 heteroatoms. The van der Waals surface area contributed by atoms with Crippen molar-refractivity contribution < 1.29 is 4.74 Å². The molecule has 130 valence electrons. The maximum absolute atomic E-state index is 5.93. The highest BCUT2D eigenvalue weighted by Crippen LogP contribution is 2.10. The molecule has 2 N–H and O–H groups in total. The molecule has 1 fully saturated rings. The lowest BCUT2D eigenvalue weighted by molar-refractivity contribution is 0.127. The summed E-state index contributed by atoms with van der Waals surface area (Å²) in [5.74, 6) is 0. The molecule has 1 aliphatic heterocycles. The zero-order valence-corrected chi connectivity index (χ0v) is 14.6. The molecule has 0 radical (unpaired) electrons. The number of nitrogens with zero attached hydrogens (tertiary/aromatic N) is 1. The first-order valence-electron chi connectivity index (χ1n) is 9.44. The van der Waals surface area contributed by atoms with Crippen LogP contribution in [0.4, 0.5) is 0 Å². The molecule has 0 saturated carbocycles. The molecule has 1 aromatic rings. The molecule has 1 aliphatic rings. The number of aryl methyl sites for hydroxylation is 1. The van der Waals surface area contributed by atoms with Gasteiger partial charge >= 0.3 is 0 Å². The SMILES string of the molecule is NC1CCN(CCCCCCOCCCc2ccccc2)CC1. The van der Waals surface area contributed by atoms with Crippen molar-refractivity contribution in [1.29, 1.82) is 0 Å². The number of ether oxygens (including phenoxy) is 1. The van der Waals surface area contributed by atoms with Gasteiger partial charge in [0, 0.05) is 19.3 Å². The van der Waals surface area contributed by atoms with E-state index in [-0.39, 0.29) is 0 Å². The maximum Gasteiger partial charge on any atom is 0.0469 e. The third kappa shape index (κ3) is 8.50. The fourth-order valence-electron chi connectivity index (χ4n) is 3.19. The molecule has 0 bridgehead atoms. The van der Waals surface area contributed by atoms with E-state index in [0.717, 1.165) is 26.1 Å². The van der Waals surface area contributed by atoms with Gasteiger partial charge in [-0.3, -0.25) is 0 Å². The first-order chi connectivity index (χ1) is 11.3. The number of hydrogen-bond donors (Lipinski definition) is 1. The number of likely N-dealkylation sites (tertiary alicyclic amines) is 1. The van der Waals surface area contributed by atoms with Crippen LogP contribution in [-0.4, -0.2) is 43.8 Å². The van der Waals surface area contributed by atoms with E-state index in [4.69, 9.17) is 10.5 Å². The predicted octanol–water partition coefficient (Wildman–Crippen LogP) is 3.62. The minimum Gasteiger partial charge on any atom is -0.381 e. The quantitative estimate of drug-likeness (QED) is 0.633. The molecule has 1 aromatic carbocycles. The lowest BCUT2D eigenvalue weighted by Gasteiger charge is -2.29. The van der Waals surface area contributed by atoms with E-state index >= 15 is 0 Å². The third-order valence-corrected chi connectivity index (χ3v) is 4.74. The van der Waals surface area contributed by atoms with Crippen molar-refractivity contribution in [2.45, 2.75) is 57.4 Å². The molecule has 0 spiro atoms. The van der Waals surface area contributed by atoms with Gasteiger partial charge in [-0.05, 0) is 63.7 Å². The van der Waals surface area contributed by atoms with Crippen LogP contribution >= 0.6 is 0 Å². The Labute approximate surface area is 142 Å². The third-order valence-electron chi connectivity index (χ3n) is 4.74. The Hall–Kier alpha value is -0.900. The maximum atomic E-state index is 5.93. The number of hydrogen-bond acceptors (Lipinski definition) is 3. The lowest BCUT2D eigenvalue weighted by Crippen LogP contribution is -2.39. The standard InChI is InChI=1S/C20H34N2O/c21-20-12-15-22(16-13-20)14-6-1-2-7-17-23-18-8-11-19-9-4-3-5-10-19/h3-5,9-10,20H,1-2,6-8,11-18,21H2. The Morgan fingerprint density at radius 2 is 1.61 bits per heavy atom. The topological polar surface area (TPSA) is 38.5 Å². The molecular weight excluding hydrogens is 284 g/mol. The van der Waals surface area contributed by atoms with Crippen LogP contribution in [0.1, 0.15) is 50.5 Å². The monoisotopic (exact) mass is 318 g/mol. The highest BCUT2D eigenvalue weighted by atomic mass is 16.5. The van der Waals surface area contributed by atoms with Gasteiger partial charge in [-0.15, -0.1) is 0 Å². The van der Waals surface area contributed by atoms with Crippen LogP contribution < -0.4 is 5.73 Å². The first kappa shape index (κ1) is 18.4. The van der Waals surface area contributed by atoms with Crippen LogP contribution in [-0.2, 0) is 11.2 Å². The normalized spacial score (nSPS) is 16.7. The minimum absolute atomic E-state index is 0.449. The number of nitrogens with two attached hydrogens (primary N) is 1. The molecule has 0 aliphatic carbocycles. The van der Waals surface area contributed by atoms with Crippen molar-refractivity contribution in [3.8, 4) is 0 Å². The molecule has 2 rings (SSSR count). The van der Waals surface area contributed by atoms with Gasteiger partial charge in [0.1, 0.15) is 0 Å². The van der Waals surface area contributed by atoms with Gasteiger partial charge in [-0.25, -0.2) is 0 Å². The molecule has 0 atom stereocenters. The van der Waals surface area contributed by atoms with Crippen molar-refractivity contribution in [1.82, 2.24) is 4.90 Å². The summed E-state index contributed by atoms with van der Waals surface area (Å²) in [4.78, 5) is 2.57. The van der Waals surface area contributed by atoms with Crippen molar-refractivity contribution in [3.05, 3.63) is 35.9 Å². The summed E-state index contributed by atoms with van der Waals surface area (Å²) < 4.78 is 5.74. The first-order valence-corrected chi connectivity index (χ1v) is 9.44. The highest BCUT2D eigenvalue weighted by molar-refractivity contribution is 5.14. The molecule has 3 nitrogen and oxygen atoms in total. The van der Waals surface area contributed by atoms with Gasteiger partial charge in [0.05, 0.1) is 0 Å². The van der Waals surface area contributed by atoms with Crippen molar-refractivity contribution in [2.75, 3.05) is 32.8 Å². The highest BCUT2D eigenvalue weighted by Gasteiger charge is 2.14. The number of unbranched alkanes of at least 4 members (excludes halogenated alkanes) is 3. The van der Waals surface area contributed by atoms with E-state index in [1.807, 2.05) is 0 Å². The van der Waals surface area contributed by atoms with Crippen LogP contribution in [0.25, 0.3) is 0 Å². The Balaban J connectivity index is 1.33. The molecule has 0 aromatic heterocycles. The Kier molecular flexibility index (Phi) is 9.31. The molecular formula is C20H34N2O. The molecule has 1 heterocycles. The minimum atomic E-state index is 0.449. The Morgan fingerprint density at radius 3 is 2.39 bits per heavy atom. The number of benzene rings is 1. The molecule has 1 saturated heterocycles. The fourth-order valence-corrected chi connectivity index (χ4v) is 3.19. The van der Waals surface area contributed by atoms with Crippen LogP contribution in [0.2, 0.25) is 0 Å². The van der Waals surface area contributed by atoms with Crippen molar-refractivity contribution in [3.63, 3.8) is 0 Å². The van der Waals surface area contributed by atoms with Gasteiger partial charge in [-0.1, -0.05) is 43.2 Å². The molecule has 23 heavy (non-hydrogen) atoms. The predicted molar refractivity (Wildman–Crippen MR) is 97.7 cm³/mol. The summed E-state index contributed by atoms with van der Waals surface area (Å²) in [6.45, 7) is 5.47. The molecule has 0 unspecified atom stereocenters. The Bertz CT molecular complexity index is 388. The largest absolute Gasteiger partial charge is 0.381 e. The summed E-state index contributed by atoms with van der Waals surface area (Å²) in [7, 11) is 0. The summed E-state index contributed by atoms with van der Waals surface area (Å²) >= 11 is 0. The summed E-state index contributed by atoms with van der Waals surface area (Å²) in [5, 5.41) is 0. The van der Waals surface area contributed by atoms with Crippen molar-refractivity contribution in [2.24, 2.45) is 5.73 Å². The van der Waals surface area contributed by atoms with Gasteiger partial charge < -0.3 is 15.4 Å². The average molecular weight is 319 g/mol. The average Bonchev–Trinajstić information content (AvgIpc) is 2.59. The fraction of sp³-hybridized carbons (Fsp3) is 0.700. The van der Waals surface area contributed by atoms with Crippen LogP contribution in [0.15, 0.2) is 30.3 Å². The Morgan fingerprint density at radius 1 is 0.913 bits per heavy atom. The van der Waals surface area contributed by atoms with E-state index in [0.29, 0.717) is 6.04 Å². The number of piperidine rings is 1. The second kappa shape index (κ2) is 11.6. The second-order valence-corrected chi connectivity index (χ2v) is 6.79.